The van der Waals surface area contributed by atoms with Crippen molar-refractivity contribution in [2.45, 2.75) is 44.4 Å². The van der Waals surface area contributed by atoms with Gasteiger partial charge in [-0.1, -0.05) is 18.7 Å². The van der Waals surface area contributed by atoms with Crippen molar-refractivity contribution in [3.8, 4) is 5.75 Å². The number of hydrogen-bond donors (Lipinski definition) is 0. The van der Waals surface area contributed by atoms with E-state index in [0.29, 0.717) is 19.6 Å². The molecule has 1 heterocycles. The van der Waals surface area contributed by atoms with Gasteiger partial charge in [0.15, 0.2) is 0 Å². The van der Waals surface area contributed by atoms with E-state index in [1.54, 1.807) is 0 Å². The second-order valence-corrected chi connectivity index (χ2v) is 6.36. The Kier molecular flexibility index (Phi) is 6.28. The van der Waals surface area contributed by atoms with Gasteiger partial charge >= 0.3 is 5.97 Å². The van der Waals surface area contributed by atoms with E-state index in [1.165, 1.54) is 11.8 Å². The number of hydrogen-bond acceptors (Lipinski definition) is 5. The number of carbonyl (C=O) groups is 1. The minimum Gasteiger partial charge on any atom is -0.494 e. The molecule has 0 amide bonds. The number of aryl methyl sites for hydroxylation is 1. The number of ether oxygens (including phenoxy) is 2. The van der Waals surface area contributed by atoms with Crippen LogP contribution in [0.15, 0.2) is 29.3 Å². The van der Waals surface area contributed by atoms with Gasteiger partial charge in [-0.25, -0.2) is 4.98 Å². The molecule has 0 N–H and O–H groups in total. The van der Waals surface area contributed by atoms with Gasteiger partial charge in [0, 0.05) is 5.39 Å². The van der Waals surface area contributed by atoms with E-state index >= 15 is 0 Å². The van der Waals surface area contributed by atoms with Crippen LogP contribution < -0.4 is 4.74 Å². The molecule has 1 unspecified atom stereocenters. The molecule has 0 radical (unpaired) electrons. The van der Waals surface area contributed by atoms with Crippen LogP contribution in [0.1, 0.15) is 32.8 Å². The molecule has 0 spiro atoms. The summed E-state index contributed by atoms with van der Waals surface area (Å²) in [6.45, 7) is 8.83. The summed E-state index contributed by atoms with van der Waals surface area (Å²) in [6, 6.07) is 7.96. The molecule has 1 atom stereocenters. The Labute approximate surface area is 141 Å². The monoisotopic (exact) mass is 333 g/mol. The van der Waals surface area contributed by atoms with E-state index in [-0.39, 0.29) is 11.2 Å². The first kappa shape index (κ1) is 17.6. The van der Waals surface area contributed by atoms with Crippen LogP contribution >= 0.6 is 11.8 Å². The highest BCUT2D eigenvalue weighted by atomic mass is 32.2. The van der Waals surface area contributed by atoms with Gasteiger partial charge in [-0.3, -0.25) is 4.79 Å². The van der Waals surface area contributed by atoms with Crippen LogP contribution in [-0.2, 0) is 9.53 Å². The molecule has 0 fully saturated rings. The molecule has 0 aliphatic heterocycles. The number of carbonyl (C=O) groups excluding carboxylic acids is 1. The van der Waals surface area contributed by atoms with Gasteiger partial charge in [0.05, 0.1) is 18.7 Å². The van der Waals surface area contributed by atoms with Crippen LogP contribution in [0.4, 0.5) is 0 Å². The summed E-state index contributed by atoms with van der Waals surface area (Å²) >= 11 is 1.48. The molecule has 0 aliphatic rings. The van der Waals surface area contributed by atoms with Gasteiger partial charge < -0.3 is 9.47 Å². The van der Waals surface area contributed by atoms with Crippen LogP contribution in [0.5, 0.6) is 5.75 Å². The second kappa shape index (κ2) is 8.20. The third-order valence-electron chi connectivity index (χ3n) is 3.42. The number of benzene rings is 1. The summed E-state index contributed by atoms with van der Waals surface area (Å²) in [5.74, 6) is 0.674. The highest BCUT2D eigenvalue weighted by Crippen LogP contribution is 2.31. The van der Waals surface area contributed by atoms with E-state index in [0.717, 1.165) is 27.2 Å². The highest BCUT2D eigenvalue weighted by molar-refractivity contribution is 8.00. The number of nitrogens with zero attached hydrogens (tertiary/aromatic N) is 1. The number of fused-ring (bicyclic) bond motifs is 1. The van der Waals surface area contributed by atoms with Crippen molar-refractivity contribution in [2.75, 3.05) is 13.2 Å². The van der Waals surface area contributed by atoms with Crippen molar-refractivity contribution in [2.24, 2.45) is 0 Å². The first-order valence-electron chi connectivity index (χ1n) is 7.96. The van der Waals surface area contributed by atoms with Crippen LogP contribution in [0.25, 0.3) is 10.9 Å². The molecule has 4 nitrogen and oxygen atoms in total. The Morgan fingerprint density at radius 3 is 2.65 bits per heavy atom. The zero-order valence-electron chi connectivity index (χ0n) is 14.1. The maximum absolute atomic E-state index is 12.0. The summed E-state index contributed by atoms with van der Waals surface area (Å²) < 4.78 is 10.7. The Morgan fingerprint density at radius 1 is 1.22 bits per heavy atom. The lowest BCUT2D eigenvalue weighted by atomic mass is 10.1. The maximum atomic E-state index is 12.0. The second-order valence-electron chi connectivity index (χ2n) is 5.16. The Hall–Kier alpha value is -1.75. The fourth-order valence-corrected chi connectivity index (χ4v) is 3.28. The van der Waals surface area contributed by atoms with Crippen molar-refractivity contribution in [3.63, 3.8) is 0 Å². The highest BCUT2D eigenvalue weighted by Gasteiger charge is 2.21. The minimum absolute atomic E-state index is 0.173. The quantitative estimate of drug-likeness (QED) is 0.556. The van der Waals surface area contributed by atoms with Gasteiger partial charge in [0.2, 0.25) is 0 Å². The number of esters is 1. The smallest absolute Gasteiger partial charge is 0.319 e. The first-order chi connectivity index (χ1) is 11.1. The molecule has 5 heteroatoms. The number of aromatic nitrogens is 1. The zero-order chi connectivity index (χ0) is 16.8. The summed E-state index contributed by atoms with van der Waals surface area (Å²) in [6.07, 6.45) is 0.714. The Morgan fingerprint density at radius 2 is 2.00 bits per heavy atom. The minimum atomic E-state index is -0.221. The Balaban J connectivity index is 2.28. The van der Waals surface area contributed by atoms with Crippen molar-refractivity contribution in [1.29, 1.82) is 0 Å². The summed E-state index contributed by atoms with van der Waals surface area (Å²) in [7, 11) is 0. The first-order valence-corrected chi connectivity index (χ1v) is 8.84. The largest absolute Gasteiger partial charge is 0.494 e. The van der Waals surface area contributed by atoms with E-state index in [2.05, 4.69) is 6.07 Å². The lowest BCUT2D eigenvalue weighted by Crippen LogP contribution is -2.19. The molecule has 124 valence electrons. The third kappa shape index (κ3) is 4.38. The molecule has 2 aromatic rings. The van der Waals surface area contributed by atoms with Crippen LogP contribution in [-0.4, -0.2) is 29.4 Å². The van der Waals surface area contributed by atoms with Gasteiger partial charge in [-0.15, -0.1) is 0 Å². The third-order valence-corrected chi connectivity index (χ3v) is 4.86. The standard InChI is InChI=1S/C18H23NO3S/c1-5-16(18(20)22-7-3)23-17-12(4)10-13-11-14(21-6-2)8-9-15(13)19-17/h8-11,16H,5-7H2,1-4H3. The molecule has 23 heavy (non-hydrogen) atoms. The molecule has 2 rings (SSSR count). The van der Waals surface area contributed by atoms with Gasteiger partial charge in [0.1, 0.15) is 16.0 Å². The molecule has 1 aromatic carbocycles. The van der Waals surface area contributed by atoms with Crippen molar-refractivity contribution in [3.05, 3.63) is 29.8 Å². The molecular weight excluding hydrogens is 310 g/mol. The van der Waals surface area contributed by atoms with Crippen LogP contribution in [0.2, 0.25) is 0 Å². The lowest BCUT2D eigenvalue weighted by Gasteiger charge is -2.14. The molecule has 0 bridgehead atoms. The van der Waals surface area contributed by atoms with Crippen molar-refractivity contribution in [1.82, 2.24) is 4.98 Å². The fourth-order valence-electron chi connectivity index (χ4n) is 2.29. The predicted molar refractivity (Wildman–Crippen MR) is 94.2 cm³/mol. The average molecular weight is 333 g/mol. The summed E-state index contributed by atoms with van der Waals surface area (Å²) in [4.78, 5) is 16.7. The van der Waals surface area contributed by atoms with E-state index in [9.17, 15) is 4.79 Å². The SMILES string of the molecule is CCOC(=O)C(CC)Sc1nc2ccc(OCC)cc2cc1C. The van der Waals surface area contributed by atoms with Gasteiger partial charge in [0.25, 0.3) is 0 Å². The van der Waals surface area contributed by atoms with Crippen molar-refractivity contribution >= 4 is 28.6 Å². The zero-order valence-corrected chi connectivity index (χ0v) is 14.9. The van der Waals surface area contributed by atoms with Crippen LogP contribution in [0.3, 0.4) is 0 Å². The summed E-state index contributed by atoms with van der Waals surface area (Å²) in [5.41, 5.74) is 1.96. The lowest BCUT2D eigenvalue weighted by molar-refractivity contribution is -0.142. The van der Waals surface area contributed by atoms with Gasteiger partial charge in [-0.05, 0) is 57.0 Å². The van der Waals surface area contributed by atoms with E-state index in [4.69, 9.17) is 14.5 Å². The fraction of sp³-hybridized carbons (Fsp3) is 0.444. The summed E-state index contributed by atoms with van der Waals surface area (Å²) in [5, 5.41) is 1.70. The topological polar surface area (TPSA) is 48.4 Å². The molecule has 0 aliphatic carbocycles. The molecule has 1 aromatic heterocycles. The average Bonchev–Trinajstić information content (AvgIpc) is 2.53. The normalized spacial score (nSPS) is 12.2. The van der Waals surface area contributed by atoms with Crippen LogP contribution in [0, 0.1) is 6.92 Å². The van der Waals surface area contributed by atoms with E-state index in [1.807, 2.05) is 45.9 Å². The van der Waals surface area contributed by atoms with E-state index < -0.39 is 0 Å². The van der Waals surface area contributed by atoms with Crippen molar-refractivity contribution < 1.29 is 14.3 Å². The maximum Gasteiger partial charge on any atom is 0.319 e. The number of rotatable bonds is 7. The predicted octanol–water partition coefficient (Wildman–Crippen LogP) is 4.38. The van der Waals surface area contributed by atoms with Gasteiger partial charge in [-0.2, -0.15) is 0 Å². The molecular formula is C18H23NO3S. The number of thioether (sulfide) groups is 1. The number of pyridine rings is 1. The Bertz CT molecular complexity index is 687. The molecule has 0 saturated heterocycles. The molecule has 0 saturated carbocycles.